The Kier molecular flexibility index (Phi) is 7.03. The Hall–Kier alpha value is -0.720. The van der Waals surface area contributed by atoms with Gasteiger partial charge >= 0.3 is 0 Å². The number of hydrogen-bond donors (Lipinski definition) is 0. The summed E-state index contributed by atoms with van der Waals surface area (Å²) in [6.07, 6.45) is 4.68. The Labute approximate surface area is 99.2 Å². The molecule has 0 spiro atoms. The van der Waals surface area contributed by atoms with Crippen LogP contribution in [0.2, 0.25) is 0 Å². The fraction of sp³-hybridized carbons (Fsp3) is 0.538. The van der Waals surface area contributed by atoms with E-state index in [2.05, 4.69) is 13.0 Å². The highest BCUT2D eigenvalue weighted by molar-refractivity contribution is 7.24. The molecule has 1 rings (SSSR count). The summed E-state index contributed by atoms with van der Waals surface area (Å²) >= 11 is 0. The summed E-state index contributed by atoms with van der Waals surface area (Å²) in [5.41, 5.74) is 0.950. The van der Waals surface area contributed by atoms with E-state index in [9.17, 15) is 4.57 Å². The minimum Gasteiger partial charge on any atom is -0.361 e. The van der Waals surface area contributed by atoms with E-state index in [4.69, 9.17) is 4.74 Å². The third kappa shape index (κ3) is 4.87. The average molecular weight is 237 g/mol. The molecular weight excluding hydrogens is 219 g/mol. The molecule has 0 fully saturated rings. The fourth-order valence-corrected chi connectivity index (χ4v) is 1.94. The molecule has 1 aromatic rings. The van der Waals surface area contributed by atoms with Crippen LogP contribution in [0, 0.1) is 6.07 Å². The highest BCUT2D eigenvalue weighted by Gasteiger charge is 2.10. The normalized spacial score (nSPS) is 12.8. The van der Waals surface area contributed by atoms with Crippen molar-refractivity contribution in [3.63, 3.8) is 0 Å². The highest BCUT2D eigenvalue weighted by atomic mass is 31.1. The number of hydrogen-bond acceptors (Lipinski definition) is 2. The van der Waals surface area contributed by atoms with Crippen LogP contribution < -0.4 is 0 Å². The predicted molar refractivity (Wildman–Crippen MR) is 65.7 cm³/mol. The van der Waals surface area contributed by atoms with Crippen molar-refractivity contribution < 1.29 is 9.30 Å². The maximum atomic E-state index is 11.0. The molecule has 0 bridgehead atoms. The molecule has 0 heterocycles. The van der Waals surface area contributed by atoms with Crippen LogP contribution in [0.15, 0.2) is 24.3 Å². The van der Waals surface area contributed by atoms with Gasteiger partial charge in [0.15, 0.2) is 14.3 Å². The van der Waals surface area contributed by atoms with Crippen molar-refractivity contribution in [3.05, 3.63) is 35.9 Å². The molecule has 87 valence electrons. The summed E-state index contributed by atoms with van der Waals surface area (Å²) in [7, 11) is 0.0265. The molecular formula is C13H18O2P. The van der Waals surface area contributed by atoms with E-state index >= 15 is 0 Å². The molecule has 16 heavy (non-hydrogen) atoms. The summed E-state index contributed by atoms with van der Waals surface area (Å²) < 4.78 is 16.6. The minimum atomic E-state index is -0.323. The molecule has 0 amide bonds. The van der Waals surface area contributed by atoms with E-state index in [0.717, 1.165) is 12.0 Å². The monoisotopic (exact) mass is 237 g/mol. The molecule has 1 radical (unpaired) electrons. The second-order valence-corrected chi connectivity index (χ2v) is 4.40. The van der Waals surface area contributed by atoms with Crippen LogP contribution in [0.25, 0.3) is 0 Å². The molecule has 0 aliphatic carbocycles. The second kappa shape index (κ2) is 8.43. The van der Waals surface area contributed by atoms with E-state index in [1.807, 2.05) is 24.3 Å². The maximum Gasteiger partial charge on any atom is 0.192 e. The van der Waals surface area contributed by atoms with Crippen molar-refractivity contribution >= 4 is 8.46 Å². The molecule has 1 unspecified atom stereocenters. The Morgan fingerprint density at radius 3 is 2.69 bits per heavy atom. The summed E-state index contributed by atoms with van der Waals surface area (Å²) in [5.74, 6) is -0.323. The molecule has 0 saturated carbocycles. The Morgan fingerprint density at radius 2 is 2.06 bits per heavy atom. The zero-order chi connectivity index (χ0) is 11.6. The highest BCUT2D eigenvalue weighted by Crippen LogP contribution is 2.28. The maximum absolute atomic E-state index is 11.0. The zero-order valence-corrected chi connectivity index (χ0v) is 10.6. The van der Waals surface area contributed by atoms with Gasteiger partial charge in [0.05, 0.1) is 0 Å². The van der Waals surface area contributed by atoms with Gasteiger partial charge < -0.3 is 4.74 Å². The third-order valence-corrected chi connectivity index (χ3v) is 3.04. The summed E-state index contributed by atoms with van der Waals surface area (Å²) in [6, 6.07) is 10.3. The van der Waals surface area contributed by atoms with E-state index in [1.165, 1.54) is 19.3 Å². The summed E-state index contributed by atoms with van der Waals surface area (Å²) in [5, 5.41) is 0. The smallest absolute Gasteiger partial charge is 0.192 e. The van der Waals surface area contributed by atoms with Crippen LogP contribution in [-0.4, -0.2) is 6.61 Å². The van der Waals surface area contributed by atoms with E-state index < -0.39 is 0 Å². The van der Waals surface area contributed by atoms with E-state index in [1.54, 1.807) is 0 Å². The van der Waals surface area contributed by atoms with Crippen molar-refractivity contribution in [2.75, 3.05) is 6.61 Å². The topological polar surface area (TPSA) is 26.3 Å². The first-order chi connectivity index (χ1) is 7.88. The molecule has 3 heteroatoms. The van der Waals surface area contributed by atoms with Gasteiger partial charge in [0.25, 0.3) is 0 Å². The van der Waals surface area contributed by atoms with Gasteiger partial charge in [-0.1, -0.05) is 50.5 Å². The standard InChI is InChI=1S/C13H18O2P/c1-2-3-4-8-11-15-13(16-14)12-9-6-5-7-10-12/h6-7,9-10,13H,2-4,8,11H2,1H3. The molecule has 0 saturated heterocycles. The fourth-order valence-electron chi connectivity index (χ4n) is 1.48. The van der Waals surface area contributed by atoms with Crippen LogP contribution in [0.1, 0.15) is 44.0 Å². The van der Waals surface area contributed by atoms with Crippen LogP contribution in [-0.2, 0) is 9.30 Å². The molecule has 2 nitrogen and oxygen atoms in total. The van der Waals surface area contributed by atoms with Gasteiger partial charge in [-0.05, 0) is 18.1 Å². The molecule has 1 atom stereocenters. The number of unbranched alkanes of at least 4 members (excludes halogenated alkanes) is 3. The van der Waals surface area contributed by atoms with Crippen molar-refractivity contribution in [2.24, 2.45) is 0 Å². The first-order valence-electron chi connectivity index (χ1n) is 5.78. The lowest BCUT2D eigenvalue weighted by Gasteiger charge is -2.10. The van der Waals surface area contributed by atoms with Gasteiger partial charge in [-0.2, -0.15) is 0 Å². The van der Waals surface area contributed by atoms with Crippen molar-refractivity contribution in [3.8, 4) is 0 Å². The first kappa shape index (κ1) is 13.3. The quantitative estimate of drug-likeness (QED) is 0.495. The van der Waals surface area contributed by atoms with Crippen molar-refractivity contribution in [2.45, 2.75) is 38.5 Å². The molecule has 0 aliphatic rings. The predicted octanol–water partition coefficient (Wildman–Crippen LogP) is 4.37. The van der Waals surface area contributed by atoms with E-state index in [-0.39, 0.29) is 14.3 Å². The molecule has 0 N–H and O–H groups in total. The SMILES string of the molecule is CCCCCCOC(P=O)c1cc[c]cc1. The van der Waals surface area contributed by atoms with Crippen LogP contribution in [0.4, 0.5) is 0 Å². The average Bonchev–Trinajstić information content (AvgIpc) is 2.35. The van der Waals surface area contributed by atoms with Crippen LogP contribution in [0.3, 0.4) is 0 Å². The summed E-state index contributed by atoms with van der Waals surface area (Å²) in [4.78, 5) is 0. The van der Waals surface area contributed by atoms with Gasteiger partial charge in [0.2, 0.25) is 0 Å². The van der Waals surface area contributed by atoms with Gasteiger partial charge in [0, 0.05) is 6.61 Å². The molecule has 0 aliphatic heterocycles. The Morgan fingerprint density at radius 1 is 1.31 bits per heavy atom. The Balaban J connectivity index is 2.30. The number of ether oxygens (including phenoxy) is 1. The summed E-state index contributed by atoms with van der Waals surface area (Å²) in [6.45, 7) is 2.86. The zero-order valence-electron chi connectivity index (χ0n) is 9.69. The van der Waals surface area contributed by atoms with Crippen molar-refractivity contribution in [1.29, 1.82) is 0 Å². The second-order valence-electron chi connectivity index (χ2n) is 3.72. The first-order valence-corrected chi connectivity index (χ1v) is 6.66. The van der Waals surface area contributed by atoms with Crippen LogP contribution in [0.5, 0.6) is 0 Å². The lowest BCUT2D eigenvalue weighted by Crippen LogP contribution is -1.99. The molecule has 1 aromatic carbocycles. The van der Waals surface area contributed by atoms with Crippen molar-refractivity contribution in [1.82, 2.24) is 0 Å². The minimum absolute atomic E-state index is 0.0265. The van der Waals surface area contributed by atoms with Gasteiger partial charge in [-0.15, -0.1) is 0 Å². The van der Waals surface area contributed by atoms with Gasteiger partial charge in [0.1, 0.15) is 0 Å². The third-order valence-electron chi connectivity index (χ3n) is 2.40. The van der Waals surface area contributed by atoms with Crippen LogP contribution >= 0.6 is 8.46 Å². The largest absolute Gasteiger partial charge is 0.361 e. The number of benzene rings is 1. The lowest BCUT2D eigenvalue weighted by atomic mass is 10.2. The van der Waals surface area contributed by atoms with E-state index in [0.29, 0.717) is 6.61 Å². The number of rotatable bonds is 8. The van der Waals surface area contributed by atoms with Gasteiger partial charge in [-0.25, -0.2) is 0 Å². The van der Waals surface area contributed by atoms with Gasteiger partial charge in [-0.3, -0.25) is 4.57 Å². The lowest BCUT2D eigenvalue weighted by molar-refractivity contribution is 0.105. The Bertz CT molecular complexity index is 287. The molecule has 0 aromatic heterocycles.